The molecule has 3 nitrogen and oxygen atoms in total. The van der Waals surface area contributed by atoms with Crippen LogP contribution in [-0.2, 0) is 0 Å². The monoisotopic (exact) mass is 262 g/mol. The summed E-state index contributed by atoms with van der Waals surface area (Å²) in [6.45, 7) is 1.46. The number of nitrogens with zero attached hydrogens (tertiary/aromatic N) is 2. The molecule has 0 spiro atoms. The minimum Gasteiger partial charge on any atom is -0.337 e. The van der Waals surface area contributed by atoms with Crippen LogP contribution in [0.3, 0.4) is 0 Å². The van der Waals surface area contributed by atoms with E-state index in [1.807, 2.05) is 0 Å². The fourth-order valence-corrected chi connectivity index (χ4v) is 2.32. The molecule has 0 atom stereocenters. The minimum atomic E-state index is -0.953. The lowest BCUT2D eigenvalue weighted by Gasteiger charge is -2.14. The first-order chi connectivity index (χ1) is 9.15. The summed E-state index contributed by atoms with van der Waals surface area (Å²) in [6, 6.07) is 5.25. The van der Waals surface area contributed by atoms with Crippen molar-refractivity contribution >= 4 is 16.8 Å². The van der Waals surface area contributed by atoms with Gasteiger partial charge in [0.2, 0.25) is 0 Å². The third kappa shape index (κ3) is 2.16. The van der Waals surface area contributed by atoms with Gasteiger partial charge in [0.25, 0.3) is 5.91 Å². The van der Waals surface area contributed by atoms with Crippen LogP contribution < -0.4 is 0 Å². The third-order valence-corrected chi connectivity index (χ3v) is 3.34. The van der Waals surface area contributed by atoms with Crippen LogP contribution in [-0.4, -0.2) is 28.9 Å². The highest BCUT2D eigenvalue weighted by atomic mass is 19.2. The number of aromatic nitrogens is 1. The van der Waals surface area contributed by atoms with Crippen LogP contribution in [0.1, 0.15) is 23.3 Å². The second-order valence-corrected chi connectivity index (χ2v) is 4.65. The number of hydrogen-bond donors (Lipinski definition) is 0. The van der Waals surface area contributed by atoms with Gasteiger partial charge in [-0.25, -0.2) is 13.8 Å². The number of fused-ring (bicyclic) bond motifs is 1. The number of carbonyl (C=O) groups excluding carboxylic acids is 1. The van der Waals surface area contributed by atoms with Gasteiger partial charge < -0.3 is 4.90 Å². The summed E-state index contributed by atoms with van der Waals surface area (Å²) in [7, 11) is 0. The zero-order valence-corrected chi connectivity index (χ0v) is 10.2. The van der Waals surface area contributed by atoms with Crippen molar-refractivity contribution in [1.82, 2.24) is 9.88 Å². The van der Waals surface area contributed by atoms with Crippen molar-refractivity contribution in [2.45, 2.75) is 12.8 Å². The fourth-order valence-electron chi connectivity index (χ4n) is 2.32. The highest BCUT2D eigenvalue weighted by molar-refractivity contribution is 5.95. The highest BCUT2D eigenvalue weighted by Gasteiger charge is 2.20. The first-order valence-corrected chi connectivity index (χ1v) is 6.20. The van der Waals surface area contributed by atoms with E-state index in [2.05, 4.69) is 4.98 Å². The second kappa shape index (κ2) is 4.57. The molecule has 19 heavy (non-hydrogen) atoms. The molecule has 0 N–H and O–H groups in total. The SMILES string of the molecule is O=C(c1ccc2cc(F)c(F)cc2n1)N1CCCC1. The number of likely N-dealkylation sites (tertiary alicyclic amines) is 1. The molecule has 0 radical (unpaired) electrons. The lowest BCUT2D eigenvalue weighted by molar-refractivity contribution is 0.0787. The average Bonchev–Trinajstić information content (AvgIpc) is 2.93. The Hall–Kier alpha value is -2.04. The van der Waals surface area contributed by atoms with Crippen molar-refractivity contribution in [3.63, 3.8) is 0 Å². The summed E-state index contributed by atoms with van der Waals surface area (Å²) in [5.41, 5.74) is 0.573. The van der Waals surface area contributed by atoms with Crippen LogP contribution in [0.2, 0.25) is 0 Å². The predicted octanol–water partition coefficient (Wildman–Crippen LogP) is 2.75. The molecule has 0 bridgehead atoms. The normalized spacial score (nSPS) is 15.2. The molecule has 1 aromatic carbocycles. The van der Waals surface area contributed by atoms with Crippen LogP contribution in [0.25, 0.3) is 10.9 Å². The molecule has 1 fully saturated rings. The van der Waals surface area contributed by atoms with Gasteiger partial charge in [0.15, 0.2) is 11.6 Å². The lowest BCUT2D eigenvalue weighted by atomic mass is 10.2. The number of benzene rings is 1. The van der Waals surface area contributed by atoms with E-state index < -0.39 is 11.6 Å². The highest BCUT2D eigenvalue weighted by Crippen LogP contribution is 2.19. The summed E-state index contributed by atoms with van der Waals surface area (Å²) < 4.78 is 26.2. The molecule has 1 amide bonds. The summed E-state index contributed by atoms with van der Waals surface area (Å²) in [5.74, 6) is -2.01. The Bertz CT molecular complexity index is 651. The van der Waals surface area contributed by atoms with Gasteiger partial charge in [0.05, 0.1) is 5.52 Å². The minimum absolute atomic E-state index is 0.149. The van der Waals surface area contributed by atoms with E-state index in [1.54, 1.807) is 17.0 Å². The fraction of sp³-hybridized carbons (Fsp3) is 0.286. The molecule has 3 rings (SSSR count). The Morgan fingerprint density at radius 1 is 1.11 bits per heavy atom. The molecule has 0 aliphatic carbocycles. The zero-order chi connectivity index (χ0) is 13.4. The van der Waals surface area contributed by atoms with Crippen LogP contribution in [0.4, 0.5) is 8.78 Å². The predicted molar refractivity (Wildman–Crippen MR) is 66.8 cm³/mol. The van der Waals surface area contributed by atoms with E-state index in [0.29, 0.717) is 10.9 Å². The molecule has 2 aromatic rings. The molecular formula is C14H12F2N2O. The van der Waals surface area contributed by atoms with Crippen LogP contribution in [0, 0.1) is 11.6 Å². The molecule has 0 saturated carbocycles. The Labute approximate surface area is 108 Å². The molecule has 0 unspecified atom stereocenters. The van der Waals surface area contributed by atoms with E-state index in [-0.39, 0.29) is 11.6 Å². The molecule has 1 saturated heterocycles. The van der Waals surface area contributed by atoms with Crippen LogP contribution >= 0.6 is 0 Å². The number of carbonyl (C=O) groups is 1. The molecule has 5 heteroatoms. The molecule has 1 aliphatic rings. The molecule has 98 valence electrons. The van der Waals surface area contributed by atoms with Gasteiger partial charge in [-0.05, 0) is 25.0 Å². The van der Waals surface area contributed by atoms with Gasteiger partial charge >= 0.3 is 0 Å². The second-order valence-electron chi connectivity index (χ2n) is 4.65. The van der Waals surface area contributed by atoms with Crippen LogP contribution in [0.15, 0.2) is 24.3 Å². The number of halogens is 2. The summed E-state index contributed by atoms with van der Waals surface area (Å²) in [5, 5.41) is 0.483. The Morgan fingerprint density at radius 3 is 2.53 bits per heavy atom. The maximum Gasteiger partial charge on any atom is 0.272 e. The average molecular weight is 262 g/mol. The van der Waals surface area contributed by atoms with Crippen molar-refractivity contribution in [2.75, 3.05) is 13.1 Å². The number of hydrogen-bond acceptors (Lipinski definition) is 2. The van der Waals surface area contributed by atoms with Gasteiger partial charge in [-0.15, -0.1) is 0 Å². The first kappa shape index (κ1) is 12.0. The topological polar surface area (TPSA) is 33.2 Å². The first-order valence-electron chi connectivity index (χ1n) is 6.20. The van der Waals surface area contributed by atoms with Crippen molar-refractivity contribution in [3.05, 3.63) is 41.6 Å². The van der Waals surface area contributed by atoms with Gasteiger partial charge in [-0.1, -0.05) is 6.07 Å². The maximum absolute atomic E-state index is 13.2. The van der Waals surface area contributed by atoms with E-state index >= 15 is 0 Å². The summed E-state index contributed by atoms with van der Waals surface area (Å²) in [6.07, 6.45) is 2.00. The number of pyridine rings is 1. The van der Waals surface area contributed by atoms with Gasteiger partial charge in [0, 0.05) is 24.5 Å². The molecule has 2 heterocycles. The van der Waals surface area contributed by atoms with Gasteiger partial charge in [-0.3, -0.25) is 4.79 Å². The Morgan fingerprint density at radius 2 is 1.79 bits per heavy atom. The largest absolute Gasteiger partial charge is 0.337 e. The van der Waals surface area contributed by atoms with Crippen molar-refractivity contribution in [3.8, 4) is 0 Å². The zero-order valence-electron chi connectivity index (χ0n) is 10.2. The Balaban J connectivity index is 2.01. The van der Waals surface area contributed by atoms with Gasteiger partial charge in [0.1, 0.15) is 5.69 Å². The number of rotatable bonds is 1. The maximum atomic E-state index is 13.2. The molecular weight excluding hydrogens is 250 g/mol. The molecule has 1 aliphatic heterocycles. The standard InChI is InChI=1S/C14H12F2N2O/c15-10-7-9-3-4-12(17-13(9)8-11(10)16)14(19)18-5-1-2-6-18/h3-4,7-8H,1-2,5-6H2. The number of amides is 1. The van der Waals surface area contributed by atoms with E-state index in [0.717, 1.165) is 38.1 Å². The summed E-state index contributed by atoms with van der Waals surface area (Å²) >= 11 is 0. The van der Waals surface area contributed by atoms with Crippen molar-refractivity contribution in [2.24, 2.45) is 0 Å². The smallest absolute Gasteiger partial charge is 0.272 e. The van der Waals surface area contributed by atoms with E-state index in [1.165, 1.54) is 0 Å². The molecule has 1 aromatic heterocycles. The van der Waals surface area contributed by atoms with Crippen molar-refractivity contribution < 1.29 is 13.6 Å². The van der Waals surface area contributed by atoms with E-state index in [9.17, 15) is 13.6 Å². The third-order valence-electron chi connectivity index (χ3n) is 3.34. The quantitative estimate of drug-likeness (QED) is 0.791. The lowest BCUT2D eigenvalue weighted by Crippen LogP contribution is -2.28. The Kier molecular flexibility index (Phi) is 2.89. The van der Waals surface area contributed by atoms with Crippen molar-refractivity contribution in [1.29, 1.82) is 0 Å². The summed E-state index contributed by atoms with van der Waals surface area (Å²) in [4.78, 5) is 18.0. The van der Waals surface area contributed by atoms with E-state index in [4.69, 9.17) is 0 Å². The van der Waals surface area contributed by atoms with Crippen LogP contribution in [0.5, 0.6) is 0 Å². The van der Waals surface area contributed by atoms with Gasteiger partial charge in [-0.2, -0.15) is 0 Å².